The Morgan fingerprint density at radius 2 is 0.500 bits per heavy atom. The molecule has 0 nitrogen and oxygen atoms in total. The number of hydrogen-bond donors (Lipinski definition) is 0. The second-order valence-corrected chi connectivity index (χ2v) is 0. The Kier molecular flexibility index (Phi) is 593. The van der Waals surface area contributed by atoms with E-state index < -0.39 is 0 Å². The van der Waals surface area contributed by atoms with Gasteiger partial charge in [-0.05, 0) is 0 Å². The number of hydrogen-bond acceptors (Lipinski definition) is 0. The Bertz CT molecular complexity index is 3.25. The second kappa shape index (κ2) is 33.0. The van der Waals surface area contributed by atoms with Gasteiger partial charge in [-0.2, -0.15) is 0 Å². The molecule has 0 aromatic heterocycles. The fraction of sp³-hybridized carbons (Fsp3) is 0. The van der Waals surface area contributed by atoms with Crippen molar-refractivity contribution in [2.75, 3.05) is 0 Å². The van der Waals surface area contributed by atoms with Crippen molar-refractivity contribution in [2.45, 2.75) is 0 Å². The van der Waals surface area contributed by atoms with Gasteiger partial charge in [-0.1, -0.05) is 0 Å². The SMILES string of the molecule is [Cl-].[Cl-].[Cl-].[Si+3]. The molecule has 0 aliphatic carbocycles. The predicted octanol–water partition coefficient (Wildman–Crippen LogP) is -9.37. The molecule has 0 spiro atoms. The van der Waals surface area contributed by atoms with E-state index in [9.17, 15) is 0 Å². The van der Waals surface area contributed by atoms with Crippen molar-refractivity contribution in [3.05, 3.63) is 0 Å². The van der Waals surface area contributed by atoms with Crippen molar-refractivity contribution in [1.82, 2.24) is 0 Å². The summed E-state index contributed by atoms with van der Waals surface area (Å²) < 4.78 is 0. The van der Waals surface area contributed by atoms with E-state index in [-0.39, 0.29) is 48.2 Å². The molecule has 0 saturated carbocycles. The van der Waals surface area contributed by atoms with Gasteiger partial charge in [0.1, 0.15) is 0 Å². The smallest absolute Gasteiger partial charge is 1.00 e. The first-order valence-electron chi connectivity index (χ1n) is 0. The summed E-state index contributed by atoms with van der Waals surface area (Å²) in [4.78, 5) is 0. The first kappa shape index (κ1) is 71.9. The van der Waals surface area contributed by atoms with E-state index in [1.165, 1.54) is 0 Å². The molecule has 25 valence electrons. The molecule has 0 atom stereocenters. The third-order valence-electron chi connectivity index (χ3n) is 0. The van der Waals surface area contributed by atoms with Gasteiger partial charge in [0, 0.05) is 0 Å². The Balaban J connectivity index is 0. The minimum absolute atomic E-state index is 0. The zero-order chi connectivity index (χ0) is 0. The van der Waals surface area contributed by atoms with Crippen LogP contribution in [0.5, 0.6) is 0 Å². The van der Waals surface area contributed by atoms with Gasteiger partial charge in [0.15, 0.2) is 0 Å². The van der Waals surface area contributed by atoms with E-state index in [4.69, 9.17) is 0 Å². The van der Waals surface area contributed by atoms with Crippen LogP contribution < -0.4 is 37.2 Å². The summed E-state index contributed by atoms with van der Waals surface area (Å²) in [5.74, 6) is 0. The summed E-state index contributed by atoms with van der Waals surface area (Å²) in [5, 5.41) is 0. The van der Waals surface area contributed by atoms with Crippen molar-refractivity contribution in [3.8, 4) is 0 Å². The van der Waals surface area contributed by atoms with E-state index in [0.717, 1.165) is 0 Å². The Labute approximate surface area is 48.6 Å². The van der Waals surface area contributed by atoms with Gasteiger partial charge in [0.2, 0.25) is 0 Å². The topological polar surface area (TPSA) is 0 Å². The first-order valence-corrected chi connectivity index (χ1v) is 0. The maximum absolute atomic E-state index is 0. The third kappa shape index (κ3) is 11.4. The molecule has 0 aromatic carbocycles. The Hall–Kier alpha value is 1.09. The molecule has 0 aliphatic rings. The largest absolute Gasteiger partial charge is 3.00 e. The molecule has 0 unspecified atom stereocenters. The van der Waals surface area contributed by atoms with Crippen LogP contribution in [-0.4, -0.2) is 11.0 Å². The van der Waals surface area contributed by atoms with Gasteiger partial charge in [0.05, 0.1) is 0 Å². The standard InChI is InChI=1S/3ClH.Si/h3*1H;/q;;;+3/p-3. The Morgan fingerprint density at radius 3 is 0.500 bits per heavy atom. The summed E-state index contributed by atoms with van der Waals surface area (Å²) in [6, 6.07) is 0. The predicted molar refractivity (Wildman–Crippen MR) is 5.75 cm³/mol. The minimum Gasteiger partial charge on any atom is -1.00 e. The fourth-order valence-electron chi connectivity index (χ4n) is 0. The van der Waals surface area contributed by atoms with Crippen LogP contribution >= 0.6 is 0 Å². The third-order valence-corrected chi connectivity index (χ3v) is 0. The summed E-state index contributed by atoms with van der Waals surface area (Å²) in [6.45, 7) is 0. The first-order chi connectivity index (χ1) is 0. The van der Waals surface area contributed by atoms with E-state index in [2.05, 4.69) is 0 Å². The maximum Gasteiger partial charge on any atom is 3.00 e. The zero-order valence-electron chi connectivity index (χ0n) is 1.63. The molecule has 0 aliphatic heterocycles. The molecular formula is Cl3Si. The van der Waals surface area contributed by atoms with Crippen LogP contribution in [-0.2, 0) is 0 Å². The molecule has 0 saturated heterocycles. The molecule has 1 radical (unpaired) electrons. The van der Waals surface area contributed by atoms with Crippen LogP contribution in [0.25, 0.3) is 0 Å². The quantitative estimate of drug-likeness (QED) is 0.289. The van der Waals surface area contributed by atoms with Crippen LogP contribution in [0.2, 0.25) is 0 Å². The molecule has 0 amide bonds. The summed E-state index contributed by atoms with van der Waals surface area (Å²) in [5.41, 5.74) is 0. The summed E-state index contributed by atoms with van der Waals surface area (Å²) in [7, 11) is 0. The van der Waals surface area contributed by atoms with Crippen LogP contribution in [0.1, 0.15) is 0 Å². The van der Waals surface area contributed by atoms with Crippen LogP contribution in [0, 0.1) is 0 Å². The van der Waals surface area contributed by atoms with E-state index in [1.807, 2.05) is 0 Å². The molecular weight excluding hydrogens is 134 g/mol. The zero-order valence-corrected chi connectivity index (χ0v) is 4.90. The number of halogens is 3. The molecule has 0 heterocycles. The van der Waals surface area contributed by atoms with Gasteiger partial charge in [0.25, 0.3) is 0 Å². The van der Waals surface area contributed by atoms with Crippen LogP contribution in [0.3, 0.4) is 0 Å². The normalized spacial score (nSPS) is 0. The minimum atomic E-state index is 0. The van der Waals surface area contributed by atoms with E-state index in [1.54, 1.807) is 0 Å². The van der Waals surface area contributed by atoms with Crippen LogP contribution in [0.15, 0.2) is 0 Å². The molecule has 4 heteroatoms. The number of rotatable bonds is 0. The van der Waals surface area contributed by atoms with Gasteiger partial charge in [-0.3, -0.25) is 0 Å². The van der Waals surface area contributed by atoms with Crippen molar-refractivity contribution in [2.24, 2.45) is 0 Å². The maximum atomic E-state index is 0. The Morgan fingerprint density at radius 1 is 0.500 bits per heavy atom. The van der Waals surface area contributed by atoms with Crippen molar-refractivity contribution in [3.63, 3.8) is 0 Å². The summed E-state index contributed by atoms with van der Waals surface area (Å²) >= 11 is 0. The van der Waals surface area contributed by atoms with Gasteiger partial charge < -0.3 is 37.2 Å². The molecule has 0 rings (SSSR count). The van der Waals surface area contributed by atoms with Crippen molar-refractivity contribution < 1.29 is 37.2 Å². The monoisotopic (exact) mass is 133 g/mol. The second-order valence-electron chi connectivity index (χ2n) is 0. The molecule has 0 N–H and O–H groups in total. The van der Waals surface area contributed by atoms with Crippen molar-refractivity contribution >= 4 is 11.0 Å². The van der Waals surface area contributed by atoms with E-state index in [0.29, 0.717) is 0 Å². The van der Waals surface area contributed by atoms with Gasteiger partial charge >= 0.3 is 11.0 Å². The van der Waals surface area contributed by atoms with E-state index >= 15 is 0 Å². The van der Waals surface area contributed by atoms with Crippen molar-refractivity contribution in [1.29, 1.82) is 0 Å². The molecule has 0 fully saturated rings. The fourth-order valence-corrected chi connectivity index (χ4v) is 0. The van der Waals surface area contributed by atoms with Crippen LogP contribution in [0.4, 0.5) is 0 Å². The average Bonchev–Trinajstić information content (AvgIpc) is 0. The molecule has 0 bridgehead atoms. The van der Waals surface area contributed by atoms with Gasteiger partial charge in [-0.25, -0.2) is 0 Å². The summed E-state index contributed by atoms with van der Waals surface area (Å²) in [6.07, 6.45) is 0. The average molecular weight is 134 g/mol. The van der Waals surface area contributed by atoms with Gasteiger partial charge in [-0.15, -0.1) is 0 Å². The molecule has 0 aromatic rings. The molecule has 4 heavy (non-hydrogen) atoms.